The predicted molar refractivity (Wildman–Crippen MR) is 62.0 cm³/mol. The lowest BCUT2D eigenvalue weighted by Gasteiger charge is -2.34. The van der Waals surface area contributed by atoms with Gasteiger partial charge in [0.15, 0.2) is 5.22 Å². The molecular weight excluding hydrogens is 210 g/mol. The Morgan fingerprint density at radius 2 is 2.07 bits per heavy atom. The summed E-state index contributed by atoms with van der Waals surface area (Å²) in [6.45, 7) is 3.08. The van der Waals surface area contributed by atoms with Gasteiger partial charge in [-0.15, -0.1) is 0 Å². The van der Waals surface area contributed by atoms with Crippen molar-refractivity contribution in [3.05, 3.63) is 23.1 Å². The zero-order valence-electron chi connectivity index (χ0n) is 9.18. The van der Waals surface area contributed by atoms with Crippen LogP contribution in [0.15, 0.2) is 16.5 Å². The fraction of sp³-hybridized carbons (Fsp3) is 0.667. The summed E-state index contributed by atoms with van der Waals surface area (Å²) < 4.78 is 5.32. The molecule has 0 atom stereocenters. The van der Waals surface area contributed by atoms with Crippen molar-refractivity contribution >= 4 is 11.6 Å². The van der Waals surface area contributed by atoms with Gasteiger partial charge in [-0.05, 0) is 43.5 Å². The van der Waals surface area contributed by atoms with Crippen molar-refractivity contribution in [1.29, 1.82) is 0 Å². The second-order valence-corrected chi connectivity index (χ2v) is 5.05. The Morgan fingerprint density at radius 1 is 1.33 bits per heavy atom. The molecule has 2 nitrogen and oxygen atoms in total. The van der Waals surface area contributed by atoms with Gasteiger partial charge in [-0.2, -0.15) is 0 Å². The zero-order chi connectivity index (χ0) is 10.7. The summed E-state index contributed by atoms with van der Waals surface area (Å²) in [7, 11) is 0. The van der Waals surface area contributed by atoms with Crippen molar-refractivity contribution in [1.82, 2.24) is 5.32 Å². The number of hydrogen-bond acceptors (Lipinski definition) is 2. The average molecular weight is 228 g/mol. The van der Waals surface area contributed by atoms with Crippen LogP contribution >= 0.6 is 11.6 Å². The highest BCUT2D eigenvalue weighted by molar-refractivity contribution is 6.28. The molecule has 0 bridgehead atoms. The van der Waals surface area contributed by atoms with E-state index >= 15 is 0 Å². The molecule has 15 heavy (non-hydrogen) atoms. The first-order valence-electron chi connectivity index (χ1n) is 5.67. The van der Waals surface area contributed by atoms with E-state index in [2.05, 4.69) is 12.2 Å². The summed E-state index contributed by atoms with van der Waals surface area (Å²) in [5.74, 6) is 0.923. The van der Waals surface area contributed by atoms with Gasteiger partial charge < -0.3 is 9.73 Å². The Bertz CT molecular complexity index is 315. The monoisotopic (exact) mass is 227 g/mol. The van der Waals surface area contributed by atoms with E-state index < -0.39 is 0 Å². The van der Waals surface area contributed by atoms with E-state index in [4.69, 9.17) is 16.0 Å². The first kappa shape index (κ1) is 11.0. The fourth-order valence-electron chi connectivity index (χ4n) is 2.26. The molecule has 0 unspecified atom stereocenters. The van der Waals surface area contributed by atoms with Crippen LogP contribution in [0.25, 0.3) is 0 Å². The van der Waals surface area contributed by atoms with Gasteiger partial charge in [-0.25, -0.2) is 0 Å². The van der Waals surface area contributed by atoms with Crippen LogP contribution < -0.4 is 5.32 Å². The highest BCUT2D eigenvalue weighted by atomic mass is 35.5. The van der Waals surface area contributed by atoms with Gasteiger partial charge in [-0.1, -0.05) is 19.3 Å². The molecule has 0 aromatic carbocycles. The molecule has 1 aliphatic rings. The summed E-state index contributed by atoms with van der Waals surface area (Å²) in [5, 5.41) is 4.05. The zero-order valence-corrected chi connectivity index (χ0v) is 9.94. The second kappa shape index (κ2) is 4.58. The minimum atomic E-state index is 0.289. The highest BCUT2D eigenvalue weighted by Crippen LogP contribution is 2.28. The number of halogens is 1. The largest absolute Gasteiger partial charge is 0.448 e. The molecule has 3 heteroatoms. The van der Waals surface area contributed by atoms with Crippen LogP contribution in [0, 0.1) is 0 Å². The topological polar surface area (TPSA) is 25.2 Å². The number of hydrogen-bond donors (Lipinski definition) is 1. The van der Waals surface area contributed by atoms with Crippen LogP contribution in [0.2, 0.25) is 5.22 Å². The van der Waals surface area contributed by atoms with E-state index in [9.17, 15) is 0 Å². The van der Waals surface area contributed by atoms with E-state index in [1.807, 2.05) is 6.07 Å². The van der Waals surface area contributed by atoms with E-state index in [0.717, 1.165) is 12.3 Å². The maximum atomic E-state index is 5.72. The van der Waals surface area contributed by atoms with E-state index in [-0.39, 0.29) is 5.54 Å². The van der Waals surface area contributed by atoms with Crippen LogP contribution in [0.3, 0.4) is 0 Å². The summed E-state index contributed by atoms with van der Waals surface area (Å²) >= 11 is 5.72. The van der Waals surface area contributed by atoms with Crippen molar-refractivity contribution < 1.29 is 4.42 Å². The lowest BCUT2D eigenvalue weighted by Crippen LogP contribution is -2.43. The summed E-state index contributed by atoms with van der Waals surface area (Å²) in [4.78, 5) is 0. The standard InChI is InChI=1S/C12H18ClNO/c1-12(7-3-2-4-8-12)14-9-10-5-6-11(13)15-10/h5-6,14H,2-4,7-9H2,1H3. The molecule has 1 aliphatic carbocycles. The Hall–Kier alpha value is -0.470. The van der Waals surface area contributed by atoms with Gasteiger partial charge >= 0.3 is 0 Å². The van der Waals surface area contributed by atoms with Gasteiger partial charge in [0.05, 0.1) is 6.54 Å². The highest BCUT2D eigenvalue weighted by Gasteiger charge is 2.25. The third-order valence-corrected chi connectivity index (χ3v) is 3.48. The smallest absolute Gasteiger partial charge is 0.193 e. The van der Waals surface area contributed by atoms with E-state index in [0.29, 0.717) is 5.22 Å². The molecule has 84 valence electrons. The summed E-state index contributed by atoms with van der Waals surface area (Å²) in [5.41, 5.74) is 0.289. The van der Waals surface area contributed by atoms with Crippen LogP contribution in [0.5, 0.6) is 0 Å². The molecule has 0 aliphatic heterocycles. The molecule has 1 fully saturated rings. The quantitative estimate of drug-likeness (QED) is 0.851. The van der Waals surface area contributed by atoms with Crippen molar-refractivity contribution in [2.45, 2.75) is 51.1 Å². The first-order valence-corrected chi connectivity index (χ1v) is 6.05. The maximum absolute atomic E-state index is 5.72. The minimum absolute atomic E-state index is 0.289. The Balaban J connectivity index is 1.86. The van der Waals surface area contributed by atoms with Gasteiger partial charge in [0.2, 0.25) is 0 Å². The van der Waals surface area contributed by atoms with Gasteiger partial charge in [0.25, 0.3) is 0 Å². The predicted octanol–water partition coefficient (Wildman–Crippen LogP) is 3.75. The molecule has 0 amide bonds. The lowest BCUT2D eigenvalue weighted by molar-refractivity contribution is 0.245. The molecular formula is C12H18ClNO. The molecule has 0 radical (unpaired) electrons. The molecule has 0 spiro atoms. The number of furan rings is 1. The number of rotatable bonds is 3. The Morgan fingerprint density at radius 3 is 2.67 bits per heavy atom. The number of nitrogens with one attached hydrogen (secondary N) is 1. The molecule has 1 aromatic rings. The van der Waals surface area contributed by atoms with Crippen molar-refractivity contribution in [3.8, 4) is 0 Å². The molecule has 0 saturated heterocycles. The normalized spacial score (nSPS) is 20.4. The van der Waals surface area contributed by atoms with Gasteiger partial charge in [0.1, 0.15) is 5.76 Å². The minimum Gasteiger partial charge on any atom is -0.448 e. The Labute approximate surface area is 96.0 Å². The lowest BCUT2D eigenvalue weighted by atomic mass is 9.83. The SMILES string of the molecule is CC1(NCc2ccc(Cl)o2)CCCCC1. The molecule has 1 saturated carbocycles. The maximum Gasteiger partial charge on any atom is 0.193 e. The van der Waals surface area contributed by atoms with Crippen molar-refractivity contribution in [2.75, 3.05) is 0 Å². The molecule has 1 N–H and O–H groups in total. The summed E-state index contributed by atoms with van der Waals surface area (Å²) in [6.07, 6.45) is 6.58. The first-order chi connectivity index (χ1) is 7.18. The van der Waals surface area contributed by atoms with Crippen molar-refractivity contribution in [2.24, 2.45) is 0 Å². The second-order valence-electron chi connectivity index (χ2n) is 4.68. The molecule has 1 aromatic heterocycles. The van der Waals surface area contributed by atoms with Crippen molar-refractivity contribution in [3.63, 3.8) is 0 Å². The van der Waals surface area contributed by atoms with E-state index in [1.54, 1.807) is 6.07 Å². The third-order valence-electron chi connectivity index (χ3n) is 3.28. The van der Waals surface area contributed by atoms with Gasteiger partial charge in [-0.3, -0.25) is 0 Å². The average Bonchev–Trinajstić information content (AvgIpc) is 2.63. The molecule has 2 rings (SSSR count). The van der Waals surface area contributed by atoms with Gasteiger partial charge in [0, 0.05) is 5.54 Å². The van der Waals surface area contributed by atoms with Crippen LogP contribution in [0.1, 0.15) is 44.8 Å². The molecule has 1 heterocycles. The van der Waals surface area contributed by atoms with Crippen LogP contribution in [-0.4, -0.2) is 5.54 Å². The van der Waals surface area contributed by atoms with E-state index in [1.165, 1.54) is 32.1 Å². The van der Waals surface area contributed by atoms with Crippen LogP contribution in [0.4, 0.5) is 0 Å². The van der Waals surface area contributed by atoms with Crippen LogP contribution in [-0.2, 0) is 6.54 Å². The third kappa shape index (κ3) is 2.99. The Kier molecular flexibility index (Phi) is 3.37. The fourth-order valence-corrected chi connectivity index (χ4v) is 2.42. The summed E-state index contributed by atoms with van der Waals surface area (Å²) in [6, 6.07) is 3.73.